The summed E-state index contributed by atoms with van der Waals surface area (Å²) in [6.07, 6.45) is 8.17. The molecule has 4 rings (SSSR count). The highest BCUT2D eigenvalue weighted by Gasteiger charge is 2.31. The van der Waals surface area contributed by atoms with Crippen LogP contribution in [0.3, 0.4) is 0 Å². The Kier molecular flexibility index (Phi) is 5.82. The van der Waals surface area contributed by atoms with Gasteiger partial charge in [0.2, 0.25) is 0 Å². The number of methoxy groups -OCH3 is 1. The molecular weight excluding hydrogens is 390 g/mol. The number of carbonyl (C=O) groups is 2. The Morgan fingerprint density at radius 2 is 1.93 bits per heavy atom. The monoisotopic (exact) mass is 411 g/mol. The van der Waals surface area contributed by atoms with Crippen LogP contribution in [-0.2, 0) is 4.74 Å². The van der Waals surface area contributed by atoms with Crippen LogP contribution in [0.15, 0.2) is 47.3 Å². The van der Waals surface area contributed by atoms with Crippen molar-refractivity contribution in [1.29, 1.82) is 0 Å². The number of hydrogen-bond acceptors (Lipinski definition) is 7. The minimum absolute atomic E-state index is 0.0489. The van der Waals surface area contributed by atoms with Crippen LogP contribution in [0, 0.1) is 5.92 Å². The lowest BCUT2D eigenvalue weighted by atomic mass is 9.84. The standard InChI is InChI=1S/C21H21N3O4S/c1-27-15-6-4-13(5-7-15)18(25)19-17(16-3-2-12-28-16)23-21(29-19)24-20(26)14-8-10-22-11-9-14/h2-3,8-13,15H,4-7H2,1H3,(H,23,24,26). The molecule has 7 nitrogen and oxygen atoms in total. The quantitative estimate of drug-likeness (QED) is 0.603. The summed E-state index contributed by atoms with van der Waals surface area (Å²) >= 11 is 1.19. The Bertz CT molecular complexity index is 977. The first-order valence-corrected chi connectivity index (χ1v) is 10.3. The number of ketones is 1. The first kappa shape index (κ1) is 19.5. The smallest absolute Gasteiger partial charge is 0.257 e. The fourth-order valence-corrected chi connectivity index (χ4v) is 4.52. The van der Waals surface area contributed by atoms with E-state index in [4.69, 9.17) is 9.15 Å². The number of amides is 1. The summed E-state index contributed by atoms with van der Waals surface area (Å²) in [6, 6.07) is 6.76. The SMILES string of the molecule is COC1CCC(C(=O)c2sc(NC(=O)c3ccncc3)nc2-c2ccco2)CC1. The third-order valence-corrected chi connectivity index (χ3v) is 6.13. The van der Waals surface area contributed by atoms with Gasteiger partial charge in [-0.25, -0.2) is 4.98 Å². The number of carbonyl (C=O) groups excluding carboxylic acids is 2. The van der Waals surface area contributed by atoms with Gasteiger partial charge >= 0.3 is 0 Å². The summed E-state index contributed by atoms with van der Waals surface area (Å²) in [5.41, 5.74) is 0.949. The van der Waals surface area contributed by atoms with Gasteiger partial charge < -0.3 is 9.15 Å². The van der Waals surface area contributed by atoms with Gasteiger partial charge in [-0.2, -0.15) is 0 Å². The summed E-state index contributed by atoms with van der Waals surface area (Å²) in [4.78, 5) is 34.6. The third kappa shape index (κ3) is 4.28. The third-order valence-electron chi connectivity index (χ3n) is 5.15. The van der Waals surface area contributed by atoms with E-state index < -0.39 is 0 Å². The zero-order chi connectivity index (χ0) is 20.2. The van der Waals surface area contributed by atoms with E-state index in [2.05, 4.69) is 15.3 Å². The lowest BCUT2D eigenvalue weighted by Crippen LogP contribution is -2.25. The molecule has 0 unspecified atom stereocenters. The Labute approximate surface area is 172 Å². The Hall–Kier alpha value is -2.84. The Balaban J connectivity index is 1.59. The van der Waals surface area contributed by atoms with Crippen LogP contribution in [-0.4, -0.2) is 34.9 Å². The molecule has 29 heavy (non-hydrogen) atoms. The zero-order valence-electron chi connectivity index (χ0n) is 16.0. The van der Waals surface area contributed by atoms with E-state index in [-0.39, 0.29) is 23.7 Å². The maximum Gasteiger partial charge on any atom is 0.257 e. The molecule has 1 amide bonds. The molecular formula is C21H21N3O4S. The van der Waals surface area contributed by atoms with E-state index in [1.54, 1.807) is 50.0 Å². The van der Waals surface area contributed by atoms with Crippen molar-refractivity contribution in [3.8, 4) is 11.5 Å². The zero-order valence-corrected chi connectivity index (χ0v) is 16.8. The largest absolute Gasteiger partial charge is 0.463 e. The van der Waals surface area contributed by atoms with Crippen molar-refractivity contribution < 1.29 is 18.7 Å². The topological polar surface area (TPSA) is 94.3 Å². The van der Waals surface area contributed by atoms with Crippen molar-refractivity contribution in [3.63, 3.8) is 0 Å². The molecule has 0 radical (unpaired) electrons. The van der Waals surface area contributed by atoms with E-state index >= 15 is 0 Å². The van der Waals surface area contributed by atoms with Crippen molar-refractivity contribution in [2.45, 2.75) is 31.8 Å². The van der Waals surface area contributed by atoms with Gasteiger partial charge in [0, 0.05) is 31.0 Å². The normalized spacial score (nSPS) is 19.1. The molecule has 8 heteroatoms. The van der Waals surface area contributed by atoms with E-state index in [0.717, 1.165) is 25.7 Å². The average Bonchev–Trinajstić information content (AvgIpc) is 3.44. The van der Waals surface area contributed by atoms with Crippen LogP contribution >= 0.6 is 11.3 Å². The molecule has 3 heterocycles. The van der Waals surface area contributed by atoms with Crippen LogP contribution in [0.5, 0.6) is 0 Å². The summed E-state index contributed by atoms with van der Waals surface area (Å²) in [7, 11) is 1.71. The minimum Gasteiger partial charge on any atom is -0.463 e. The number of aromatic nitrogens is 2. The molecule has 0 spiro atoms. The van der Waals surface area contributed by atoms with E-state index in [1.165, 1.54) is 11.3 Å². The Morgan fingerprint density at radius 3 is 2.59 bits per heavy atom. The number of pyridine rings is 1. The molecule has 0 aliphatic heterocycles. The number of ether oxygens (including phenoxy) is 1. The molecule has 1 fully saturated rings. The van der Waals surface area contributed by atoms with Crippen molar-refractivity contribution in [1.82, 2.24) is 9.97 Å². The molecule has 0 aromatic carbocycles. The van der Waals surface area contributed by atoms with Gasteiger partial charge in [-0.1, -0.05) is 11.3 Å². The molecule has 0 saturated heterocycles. The van der Waals surface area contributed by atoms with Crippen LogP contribution in [0.1, 0.15) is 45.7 Å². The van der Waals surface area contributed by atoms with Gasteiger partial charge in [-0.15, -0.1) is 0 Å². The number of nitrogens with one attached hydrogen (secondary N) is 1. The van der Waals surface area contributed by atoms with Crippen molar-refractivity contribution in [3.05, 3.63) is 53.4 Å². The van der Waals surface area contributed by atoms with Gasteiger partial charge in [0.05, 0.1) is 12.4 Å². The van der Waals surface area contributed by atoms with Gasteiger partial charge in [0.25, 0.3) is 5.91 Å². The molecule has 150 valence electrons. The molecule has 1 saturated carbocycles. The second kappa shape index (κ2) is 8.67. The van der Waals surface area contributed by atoms with Gasteiger partial charge in [-0.3, -0.25) is 19.9 Å². The molecule has 1 aliphatic rings. The van der Waals surface area contributed by atoms with E-state index in [9.17, 15) is 9.59 Å². The predicted molar refractivity (Wildman–Crippen MR) is 109 cm³/mol. The lowest BCUT2D eigenvalue weighted by molar-refractivity contribution is 0.0521. The van der Waals surface area contributed by atoms with Gasteiger partial charge in [0.1, 0.15) is 10.6 Å². The molecule has 3 aromatic heterocycles. The van der Waals surface area contributed by atoms with Gasteiger partial charge in [-0.05, 0) is 49.9 Å². The highest BCUT2D eigenvalue weighted by Crippen LogP contribution is 2.37. The van der Waals surface area contributed by atoms with Crippen molar-refractivity contribution in [2.24, 2.45) is 5.92 Å². The Morgan fingerprint density at radius 1 is 1.17 bits per heavy atom. The van der Waals surface area contributed by atoms with Crippen molar-refractivity contribution in [2.75, 3.05) is 12.4 Å². The highest BCUT2D eigenvalue weighted by molar-refractivity contribution is 7.18. The second-order valence-electron chi connectivity index (χ2n) is 6.94. The fraction of sp³-hybridized carbons (Fsp3) is 0.333. The molecule has 1 N–H and O–H groups in total. The lowest BCUT2D eigenvalue weighted by Gasteiger charge is -2.26. The summed E-state index contributed by atoms with van der Waals surface area (Å²) in [6.45, 7) is 0. The molecule has 0 atom stereocenters. The minimum atomic E-state index is -0.299. The van der Waals surface area contributed by atoms with Crippen LogP contribution in [0.2, 0.25) is 0 Å². The first-order chi connectivity index (χ1) is 14.2. The van der Waals surface area contributed by atoms with Crippen LogP contribution in [0.25, 0.3) is 11.5 Å². The predicted octanol–water partition coefficient (Wildman–Crippen LogP) is 4.44. The molecule has 1 aliphatic carbocycles. The number of rotatable bonds is 6. The maximum atomic E-state index is 13.2. The van der Waals surface area contributed by atoms with Gasteiger partial charge in [0.15, 0.2) is 16.7 Å². The number of Topliss-reactive ketones (excluding diaryl/α,β-unsaturated/α-hetero) is 1. The number of thiazole rings is 1. The van der Waals surface area contributed by atoms with E-state index in [1.807, 2.05) is 0 Å². The highest BCUT2D eigenvalue weighted by atomic mass is 32.1. The average molecular weight is 411 g/mol. The van der Waals surface area contributed by atoms with E-state index in [0.29, 0.717) is 27.0 Å². The van der Waals surface area contributed by atoms with Crippen LogP contribution in [0.4, 0.5) is 5.13 Å². The summed E-state index contributed by atoms with van der Waals surface area (Å²) in [5, 5.41) is 3.15. The molecule has 0 bridgehead atoms. The van der Waals surface area contributed by atoms with Crippen LogP contribution < -0.4 is 5.32 Å². The van der Waals surface area contributed by atoms with Crippen molar-refractivity contribution >= 4 is 28.2 Å². The maximum absolute atomic E-state index is 13.2. The fourth-order valence-electron chi connectivity index (χ4n) is 3.54. The summed E-state index contributed by atoms with van der Waals surface area (Å²) in [5.74, 6) is 0.193. The number of nitrogens with zero attached hydrogens (tertiary/aromatic N) is 2. The summed E-state index contributed by atoms with van der Waals surface area (Å²) < 4.78 is 10.9. The first-order valence-electron chi connectivity index (χ1n) is 9.48. The number of anilines is 1. The molecule has 3 aromatic rings. The second-order valence-corrected chi connectivity index (χ2v) is 7.94. The number of furan rings is 1. The number of hydrogen-bond donors (Lipinski definition) is 1.